The summed E-state index contributed by atoms with van der Waals surface area (Å²) in [7, 11) is 26.6. The summed E-state index contributed by atoms with van der Waals surface area (Å²) in [6, 6.07) is 4.39. The molecule has 0 aliphatic rings. The third-order valence-electron chi connectivity index (χ3n) is 2.62. The molecular formula is C11H9B5FNO2. The number of carbonyl (C=O) groups excluding carboxylic acids is 1. The van der Waals surface area contributed by atoms with Crippen LogP contribution in [0.3, 0.4) is 0 Å². The first-order valence-electron chi connectivity index (χ1n) is 5.70. The Morgan fingerprint density at radius 1 is 1.20 bits per heavy atom. The second-order valence-electron chi connectivity index (χ2n) is 4.58. The van der Waals surface area contributed by atoms with Gasteiger partial charge in [-0.1, -0.05) is 12.1 Å². The molecule has 1 rings (SSSR count). The first kappa shape index (κ1) is 17.0. The van der Waals surface area contributed by atoms with E-state index in [0.29, 0.717) is 5.56 Å². The van der Waals surface area contributed by atoms with E-state index in [0.717, 1.165) is 0 Å². The molecule has 1 atom stereocenters. The van der Waals surface area contributed by atoms with Crippen LogP contribution in [0.2, 0.25) is 5.11 Å². The van der Waals surface area contributed by atoms with Crippen LogP contribution in [-0.2, 0) is 16.0 Å². The number of esters is 1. The highest BCUT2D eigenvalue weighted by molar-refractivity contribution is 6.67. The van der Waals surface area contributed by atoms with E-state index in [1.165, 1.54) is 24.3 Å². The van der Waals surface area contributed by atoms with E-state index in [-0.39, 0.29) is 6.42 Å². The molecule has 0 spiro atoms. The molecule has 1 aromatic rings. The maximum Gasteiger partial charge on any atom is 0.322 e. The summed E-state index contributed by atoms with van der Waals surface area (Å²) in [5.41, 5.74) is 6.27. The molecule has 20 heavy (non-hydrogen) atoms. The second kappa shape index (κ2) is 6.12. The molecular weight excluding hydrogens is 251 g/mol. The lowest BCUT2D eigenvalue weighted by atomic mass is 9.28. The van der Waals surface area contributed by atoms with Crippen LogP contribution in [0.15, 0.2) is 24.3 Å². The van der Waals surface area contributed by atoms with Crippen LogP contribution in [0.4, 0.5) is 4.39 Å². The average Bonchev–Trinajstić information content (AvgIpc) is 2.30. The van der Waals surface area contributed by atoms with Crippen molar-refractivity contribution in [1.29, 1.82) is 0 Å². The van der Waals surface area contributed by atoms with Crippen molar-refractivity contribution in [1.82, 2.24) is 0 Å². The van der Waals surface area contributed by atoms with Gasteiger partial charge in [0.25, 0.3) is 0 Å². The maximum atomic E-state index is 12.7. The number of rotatable bonds is 5. The molecule has 0 saturated heterocycles. The molecule has 9 heteroatoms. The Labute approximate surface area is 124 Å². The number of carbonyl (C=O) groups is 1. The molecule has 92 valence electrons. The lowest BCUT2D eigenvalue weighted by molar-refractivity contribution is -0.149. The fraction of sp³-hybridized carbons (Fsp3) is 0.364. The Morgan fingerprint density at radius 2 is 1.70 bits per heavy atom. The van der Waals surface area contributed by atoms with Crippen molar-refractivity contribution in [2.45, 2.75) is 23.0 Å². The number of hydrogen-bond donors (Lipinski definition) is 1. The van der Waals surface area contributed by atoms with E-state index in [9.17, 15) is 9.18 Å². The van der Waals surface area contributed by atoms with Gasteiger partial charge in [-0.2, -0.15) is 0 Å². The first-order chi connectivity index (χ1) is 9.03. The molecule has 0 amide bonds. The molecule has 0 fully saturated rings. The Hall–Kier alpha value is -1.10. The van der Waals surface area contributed by atoms with E-state index in [1.54, 1.807) is 0 Å². The lowest BCUT2D eigenvalue weighted by Gasteiger charge is -2.41. The zero-order valence-corrected chi connectivity index (χ0v) is 10.8. The summed E-state index contributed by atoms with van der Waals surface area (Å²) in [6.45, 7) is 0. The molecule has 0 bridgehead atoms. The summed E-state index contributed by atoms with van der Waals surface area (Å²) < 4.78 is 17.4. The minimum absolute atomic E-state index is 0.0991. The molecule has 2 N–H and O–H groups in total. The smallest absolute Gasteiger partial charge is 0.322 e. The van der Waals surface area contributed by atoms with Gasteiger partial charge in [-0.15, -0.1) is 5.11 Å². The van der Waals surface area contributed by atoms with Crippen molar-refractivity contribution in [3.8, 4) is 0 Å². The van der Waals surface area contributed by atoms with Gasteiger partial charge in [-0.05, 0) is 24.1 Å². The molecule has 0 unspecified atom stereocenters. The second-order valence-corrected chi connectivity index (χ2v) is 4.58. The van der Waals surface area contributed by atoms with Crippen molar-refractivity contribution < 1.29 is 13.9 Å². The number of halogens is 1. The zero-order chi connectivity index (χ0) is 15.6. The summed E-state index contributed by atoms with van der Waals surface area (Å²) in [4.78, 5) is 11.7. The van der Waals surface area contributed by atoms with Crippen LogP contribution in [0.1, 0.15) is 5.56 Å². The zero-order valence-electron chi connectivity index (χ0n) is 10.8. The minimum Gasteiger partial charge on any atom is -0.480 e. The van der Waals surface area contributed by atoms with Crippen LogP contribution in [0, 0.1) is 5.82 Å². The Morgan fingerprint density at radius 3 is 2.15 bits per heavy atom. The van der Waals surface area contributed by atoms with Gasteiger partial charge in [-0.3, -0.25) is 4.79 Å². The van der Waals surface area contributed by atoms with Crippen LogP contribution in [0.5, 0.6) is 0 Å². The molecule has 1 aromatic carbocycles. The molecule has 0 aromatic heterocycles. The van der Waals surface area contributed by atoms with Gasteiger partial charge in [0.15, 0.2) is 0 Å². The summed E-state index contributed by atoms with van der Waals surface area (Å²) >= 11 is 0. The van der Waals surface area contributed by atoms with Crippen molar-refractivity contribution >= 4 is 45.2 Å². The van der Waals surface area contributed by atoms with Crippen LogP contribution in [-0.4, -0.2) is 56.6 Å². The third-order valence-corrected chi connectivity index (χ3v) is 2.62. The molecule has 0 heterocycles. The highest BCUT2D eigenvalue weighted by atomic mass is 19.1. The van der Waals surface area contributed by atoms with Gasteiger partial charge in [0.1, 0.15) is 27.6 Å². The number of ether oxygens (including phenoxy) is 1. The van der Waals surface area contributed by atoms with Crippen molar-refractivity contribution in [3.05, 3.63) is 35.6 Å². The average molecular weight is 260 g/mol. The Bertz CT molecular complexity index is 475. The third kappa shape index (κ3) is 4.48. The normalized spacial score (nSPS) is 13.7. The maximum absolute atomic E-state index is 12.7. The molecule has 0 aliphatic carbocycles. The lowest BCUT2D eigenvalue weighted by Crippen LogP contribution is -2.52. The largest absolute Gasteiger partial charge is 0.480 e. The summed E-state index contributed by atoms with van der Waals surface area (Å²) in [6.07, 6.45) is 0.0991. The number of nitrogens with two attached hydrogens (primary N) is 1. The van der Waals surface area contributed by atoms with E-state index >= 15 is 0 Å². The molecule has 10 radical (unpaired) electrons. The Balaban J connectivity index is 2.66. The van der Waals surface area contributed by atoms with Gasteiger partial charge < -0.3 is 10.5 Å². The highest BCUT2D eigenvalue weighted by Crippen LogP contribution is 2.26. The van der Waals surface area contributed by atoms with E-state index < -0.39 is 28.3 Å². The van der Waals surface area contributed by atoms with Crippen LogP contribution in [0.25, 0.3) is 0 Å². The number of hydrogen-bond acceptors (Lipinski definition) is 3. The molecule has 0 aliphatic heterocycles. The first-order valence-corrected chi connectivity index (χ1v) is 5.70. The van der Waals surface area contributed by atoms with E-state index in [2.05, 4.69) is 0 Å². The topological polar surface area (TPSA) is 52.3 Å². The molecule has 0 saturated carbocycles. The van der Waals surface area contributed by atoms with Crippen molar-refractivity contribution in [3.63, 3.8) is 0 Å². The summed E-state index contributed by atoms with van der Waals surface area (Å²) in [5, 5.41) is -4.40. The predicted octanol–water partition coefficient (Wildman–Crippen LogP) is -1.19. The predicted molar refractivity (Wildman–Crippen MR) is 78.4 cm³/mol. The summed E-state index contributed by atoms with van der Waals surface area (Å²) in [5.74, 6) is -1.32. The monoisotopic (exact) mass is 261 g/mol. The van der Waals surface area contributed by atoms with Gasteiger partial charge in [0.2, 0.25) is 0 Å². The fourth-order valence-electron chi connectivity index (χ4n) is 1.29. The minimum atomic E-state index is -2.27. The number of benzene rings is 1. The van der Waals surface area contributed by atoms with E-state index in [4.69, 9.17) is 49.7 Å². The standard InChI is InChI=1S/C11H9B5FNO2/c12-10(13,14)11(15,16)20-9(19)8(18)5-6-1-3-7(17)4-2-6/h1-4,8H,5,18H2/t8-/m0/s1. The van der Waals surface area contributed by atoms with Crippen molar-refractivity contribution in [2.24, 2.45) is 5.73 Å². The van der Waals surface area contributed by atoms with Crippen molar-refractivity contribution in [2.75, 3.05) is 0 Å². The van der Waals surface area contributed by atoms with Crippen LogP contribution >= 0.6 is 0 Å². The highest BCUT2D eigenvalue weighted by Gasteiger charge is 2.34. The Kier molecular flexibility index (Phi) is 5.19. The SMILES string of the molecule is [B]C([B])([B])C([B])([B])OC(=O)[C@@H](N)Cc1ccc(F)cc1. The quantitative estimate of drug-likeness (QED) is 0.535. The fourth-order valence-corrected chi connectivity index (χ4v) is 1.29. The molecule has 3 nitrogen and oxygen atoms in total. The van der Waals surface area contributed by atoms with Crippen LogP contribution < -0.4 is 5.73 Å². The van der Waals surface area contributed by atoms with Gasteiger partial charge in [-0.25, -0.2) is 4.39 Å². The van der Waals surface area contributed by atoms with Gasteiger partial charge >= 0.3 is 5.97 Å². The van der Waals surface area contributed by atoms with E-state index in [1.807, 2.05) is 0 Å². The van der Waals surface area contributed by atoms with Gasteiger partial charge in [0, 0.05) is 5.40 Å². The van der Waals surface area contributed by atoms with Gasteiger partial charge in [0.05, 0.1) is 23.5 Å².